The Balaban J connectivity index is 1.52. The van der Waals surface area contributed by atoms with Crippen molar-refractivity contribution < 1.29 is 14.0 Å². The number of amides is 2. The minimum absolute atomic E-state index is 0.0424. The first kappa shape index (κ1) is 20.5. The highest BCUT2D eigenvalue weighted by Gasteiger charge is 2.25. The summed E-state index contributed by atoms with van der Waals surface area (Å²) in [6, 6.07) is 8.49. The summed E-state index contributed by atoms with van der Waals surface area (Å²) < 4.78 is 15.0. The first-order valence-electron chi connectivity index (χ1n) is 10.1. The topological polar surface area (TPSA) is 114 Å². The van der Waals surface area contributed by atoms with Crippen LogP contribution in [0.4, 0.5) is 14.9 Å². The summed E-state index contributed by atoms with van der Waals surface area (Å²) in [4.78, 5) is 38.6. The monoisotopic (exact) mass is 450 g/mol. The van der Waals surface area contributed by atoms with Crippen molar-refractivity contribution in [3.05, 3.63) is 53.1 Å². The molecule has 3 aromatic rings. The molecule has 32 heavy (non-hydrogen) atoms. The lowest BCUT2D eigenvalue weighted by molar-refractivity contribution is -0.115. The molecule has 0 bridgehead atoms. The van der Waals surface area contributed by atoms with Gasteiger partial charge in [-0.1, -0.05) is 6.07 Å². The molecule has 0 spiro atoms. The lowest BCUT2D eigenvalue weighted by Crippen LogP contribution is -2.43. The molecule has 0 radical (unpaired) electrons. The number of carbonyl (C=O) groups excluding carboxylic acids is 2. The van der Waals surface area contributed by atoms with Crippen molar-refractivity contribution in [2.75, 3.05) is 18.0 Å². The second-order valence-electron chi connectivity index (χ2n) is 7.69. The van der Waals surface area contributed by atoms with Crippen molar-refractivity contribution >= 4 is 45.7 Å². The Bertz CT molecular complexity index is 1280. The van der Waals surface area contributed by atoms with Gasteiger partial charge in [0, 0.05) is 24.7 Å². The lowest BCUT2D eigenvalue weighted by Gasteiger charge is -2.32. The molecule has 2 saturated heterocycles. The van der Waals surface area contributed by atoms with Crippen LogP contribution in [-0.4, -0.2) is 45.2 Å². The molecule has 162 valence electrons. The Labute approximate surface area is 187 Å². The van der Waals surface area contributed by atoms with Crippen LogP contribution in [-0.2, 0) is 4.79 Å². The number of piperidine rings is 1. The lowest BCUT2D eigenvalue weighted by atomic mass is 10.0. The summed E-state index contributed by atoms with van der Waals surface area (Å²) in [5, 5.41) is 1.79. The van der Waals surface area contributed by atoms with E-state index in [-0.39, 0.29) is 16.8 Å². The van der Waals surface area contributed by atoms with Crippen molar-refractivity contribution in [3.63, 3.8) is 0 Å². The van der Waals surface area contributed by atoms with Crippen molar-refractivity contribution in [3.8, 4) is 11.3 Å². The van der Waals surface area contributed by atoms with Crippen LogP contribution in [0, 0.1) is 5.82 Å². The van der Waals surface area contributed by atoms with E-state index in [0.29, 0.717) is 40.2 Å². The van der Waals surface area contributed by atoms with E-state index in [0.717, 1.165) is 31.1 Å². The quantitative estimate of drug-likeness (QED) is 0.585. The number of hydrogen-bond acceptors (Lipinski definition) is 8. The second-order valence-corrected chi connectivity index (χ2v) is 8.71. The highest BCUT2D eigenvalue weighted by molar-refractivity contribution is 8.18. The van der Waals surface area contributed by atoms with Crippen LogP contribution in [0.1, 0.15) is 18.5 Å². The number of thioether (sulfide) groups is 1. The molecule has 1 atom stereocenters. The fraction of sp³-hybridized carbons (Fsp3) is 0.227. The largest absolute Gasteiger partial charge is 0.368 e. The number of pyridine rings is 1. The molecule has 5 rings (SSSR count). The van der Waals surface area contributed by atoms with E-state index in [1.165, 1.54) is 18.5 Å². The number of nitrogens with two attached hydrogens (primary N) is 1. The molecular weight excluding hydrogens is 431 g/mol. The van der Waals surface area contributed by atoms with Crippen LogP contribution in [0.5, 0.6) is 0 Å². The third-order valence-electron chi connectivity index (χ3n) is 5.44. The third-order valence-corrected chi connectivity index (χ3v) is 6.25. The zero-order valence-electron chi connectivity index (χ0n) is 16.9. The molecule has 2 aromatic heterocycles. The van der Waals surface area contributed by atoms with Gasteiger partial charge in [-0.15, -0.1) is 0 Å². The highest BCUT2D eigenvalue weighted by Crippen LogP contribution is 2.31. The zero-order chi connectivity index (χ0) is 22.2. The number of halogens is 1. The van der Waals surface area contributed by atoms with Crippen molar-refractivity contribution in [2.45, 2.75) is 18.9 Å². The van der Waals surface area contributed by atoms with Gasteiger partial charge in [0.1, 0.15) is 23.4 Å². The van der Waals surface area contributed by atoms with Gasteiger partial charge in [-0.05, 0) is 54.9 Å². The molecule has 4 heterocycles. The first-order valence-corrected chi connectivity index (χ1v) is 11.0. The van der Waals surface area contributed by atoms with Gasteiger partial charge in [-0.25, -0.2) is 19.3 Å². The number of fused-ring (bicyclic) bond motifs is 1. The standard InChI is InChI=1S/C22H19FN6O2S/c23-15-8-12(3-6-17(15)29-7-1-2-13(24)10-29)19-20-16(25-11-26-19)5-4-14(27-20)9-18-21(30)28-22(31)32-18/h3-6,8-9,11,13H,1-2,7,10,24H2,(H,28,30,31)/t13-/m0/s1. The van der Waals surface area contributed by atoms with E-state index in [1.54, 1.807) is 18.2 Å². The average molecular weight is 450 g/mol. The van der Waals surface area contributed by atoms with E-state index in [4.69, 9.17) is 5.73 Å². The van der Waals surface area contributed by atoms with Gasteiger partial charge in [-0.3, -0.25) is 14.9 Å². The van der Waals surface area contributed by atoms with Crippen LogP contribution >= 0.6 is 11.8 Å². The second kappa shape index (κ2) is 8.29. The number of anilines is 1. The number of imide groups is 1. The highest BCUT2D eigenvalue weighted by atomic mass is 32.2. The molecule has 8 nitrogen and oxygen atoms in total. The van der Waals surface area contributed by atoms with Crippen LogP contribution < -0.4 is 16.0 Å². The van der Waals surface area contributed by atoms with E-state index in [2.05, 4.69) is 20.3 Å². The van der Waals surface area contributed by atoms with Crippen molar-refractivity contribution in [1.29, 1.82) is 0 Å². The number of nitrogens with one attached hydrogen (secondary N) is 1. The minimum Gasteiger partial charge on any atom is -0.368 e. The SMILES string of the molecule is N[C@H]1CCCN(c2ccc(-c3ncnc4ccc(C=C5SC(=O)NC5=O)nc34)cc2F)C1. The Morgan fingerprint density at radius 2 is 2.09 bits per heavy atom. The van der Waals surface area contributed by atoms with Crippen LogP contribution in [0.2, 0.25) is 0 Å². The Hall–Kier alpha value is -3.37. The van der Waals surface area contributed by atoms with E-state index in [9.17, 15) is 9.59 Å². The number of carbonyl (C=O) groups is 2. The summed E-state index contributed by atoms with van der Waals surface area (Å²) in [6.07, 6.45) is 4.82. The Morgan fingerprint density at radius 1 is 1.22 bits per heavy atom. The van der Waals surface area contributed by atoms with Gasteiger partial charge in [-0.2, -0.15) is 0 Å². The average Bonchev–Trinajstić information content (AvgIpc) is 3.09. The van der Waals surface area contributed by atoms with Gasteiger partial charge in [0.2, 0.25) is 0 Å². The molecule has 2 amide bonds. The van der Waals surface area contributed by atoms with Crippen LogP contribution in [0.15, 0.2) is 41.6 Å². The van der Waals surface area contributed by atoms with Gasteiger partial charge >= 0.3 is 0 Å². The van der Waals surface area contributed by atoms with Crippen molar-refractivity contribution in [1.82, 2.24) is 20.3 Å². The number of hydrogen-bond donors (Lipinski definition) is 2. The summed E-state index contributed by atoms with van der Waals surface area (Å²) >= 11 is 0.819. The summed E-state index contributed by atoms with van der Waals surface area (Å²) in [6.45, 7) is 1.40. The molecule has 2 aliphatic heterocycles. The van der Waals surface area contributed by atoms with Gasteiger partial charge < -0.3 is 10.6 Å². The number of rotatable bonds is 3. The minimum atomic E-state index is -0.457. The fourth-order valence-corrected chi connectivity index (χ4v) is 4.61. The molecular formula is C22H19FN6O2S. The fourth-order valence-electron chi connectivity index (χ4n) is 3.94. The smallest absolute Gasteiger partial charge is 0.290 e. The van der Waals surface area contributed by atoms with Crippen LogP contribution in [0.3, 0.4) is 0 Å². The maximum Gasteiger partial charge on any atom is 0.290 e. The number of aromatic nitrogens is 3. The first-order chi connectivity index (χ1) is 15.5. The van der Waals surface area contributed by atoms with E-state index >= 15 is 4.39 Å². The van der Waals surface area contributed by atoms with Gasteiger partial charge in [0.05, 0.1) is 21.8 Å². The third kappa shape index (κ3) is 3.94. The molecule has 0 unspecified atom stereocenters. The summed E-state index contributed by atoms with van der Waals surface area (Å²) in [7, 11) is 0. The molecule has 2 aliphatic rings. The zero-order valence-corrected chi connectivity index (χ0v) is 17.7. The molecule has 2 fully saturated rings. The van der Waals surface area contributed by atoms with Crippen molar-refractivity contribution in [2.24, 2.45) is 5.73 Å². The maximum absolute atomic E-state index is 15.0. The molecule has 3 N–H and O–H groups in total. The summed E-state index contributed by atoms with van der Waals surface area (Å²) in [5.74, 6) is -0.805. The Kier molecular flexibility index (Phi) is 5.32. The molecule has 0 aliphatic carbocycles. The predicted octanol–water partition coefficient (Wildman–Crippen LogP) is 3.08. The van der Waals surface area contributed by atoms with Gasteiger partial charge in [0.25, 0.3) is 11.1 Å². The number of nitrogens with zero attached hydrogens (tertiary/aromatic N) is 4. The van der Waals surface area contributed by atoms with E-state index in [1.807, 2.05) is 11.0 Å². The summed E-state index contributed by atoms with van der Waals surface area (Å²) in [5.41, 5.74) is 9.15. The molecule has 0 saturated carbocycles. The normalized spacial score (nSPS) is 20.2. The number of benzene rings is 1. The predicted molar refractivity (Wildman–Crippen MR) is 121 cm³/mol. The van der Waals surface area contributed by atoms with Crippen LogP contribution in [0.25, 0.3) is 28.4 Å². The van der Waals surface area contributed by atoms with E-state index < -0.39 is 11.1 Å². The molecule has 1 aromatic carbocycles. The Morgan fingerprint density at radius 3 is 2.84 bits per heavy atom. The van der Waals surface area contributed by atoms with Gasteiger partial charge in [0.15, 0.2) is 0 Å². The maximum atomic E-state index is 15.0. The molecule has 10 heteroatoms.